The lowest BCUT2D eigenvalue weighted by atomic mass is 10.2. The topological polar surface area (TPSA) is 70.9 Å². The van der Waals surface area contributed by atoms with E-state index in [1.54, 1.807) is 11.8 Å². The fraction of sp³-hybridized carbons (Fsp3) is 0.571. The lowest BCUT2D eigenvalue weighted by molar-refractivity contribution is -0.141. The van der Waals surface area contributed by atoms with Gasteiger partial charge in [-0.3, -0.25) is 14.5 Å². The van der Waals surface area contributed by atoms with Crippen molar-refractivity contribution >= 4 is 34.6 Å². The molecule has 0 aliphatic carbocycles. The number of fused-ring (bicyclic) bond motifs is 1. The molecule has 3 heterocycles. The van der Waals surface area contributed by atoms with E-state index in [1.165, 1.54) is 0 Å². The van der Waals surface area contributed by atoms with Crippen molar-refractivity contribution in [1.29, 1.82) is 0 Å². The second-order valence-corrected chi connectivity index (χ2v) is 8.55. The summed E-state index contributed by atoms with van der Waals surface area (Å²) >= 11 is 1.70. The Bertz CT molecular complexity index is 888. The molecular formula is C21H29N5O3S. The van der Waals surface area contributed by atoms with Gasteiger partial charge in [0.1, 0.15) is 12.4 Å². The smallest absolute Gasteiger partial charge is 0.242 e. The fourth-order valence-corrected chi connectivity index (χ4v) is 4.51. The van der Waals surface area contributed by atoms with Gasteiger partial charge >= 0.3 is 0 Å². The molecule has 2 saturated heterocycles. The zero-order chi connectivity index (χ0) is 20.9. The van der Waals surface area contributed by atoms with Crippen molar-refractivity contribution in [1.82, 2.24) is 24.3 Å². The maximum atomic E-state index is 13.0. The molecule has 0 unspecified atom stereocenters. The molecule has 0 spiro atoms. The number of carbonyl (C=O) groups excluding carboxylic acids is 2. The van der Waals surface area contributed by atoms with Crippen molar-refractivity contribution < 1.29 is 14.3 Å². The molecule has 1 aromatic carbocycles. The zero-order valence-corrected chi connectivity index (χ0v) is 18.3. The molecule has 162 valence electrons. The van der Waals surface area contributed by atoms with E-state index in [9.17, 15) is 9.59 Å². The standard InChI is InChI=1S/C21H29N5O3S/c1-30-16-19-22-17-4-2-3-5-18(17)26(19)15-21(28)25-8-6-24(7-9-25)20(27)14-23-10-12-29-13-11-23/h2-5H,6-16H2,1H3. The number of piperazine rings is 1. The highest BCUT2D eigenvalue weighted by molar-refractivity contribution is 7.97. The Hall–Kier alpha value is -2.10. The van der Waals surface area contributed by atoms with Gasteiger partial charge in [0.2, 0.25) is 11.8 Å². The number of thioether (sulfide) groups is 1. The average molecular weight is 432 g/mol. The Kier molecular flexibility index (Phi) is 6.91. The van der Waals surface area contributed by atoms with Crippen LogP contribution in [0, 0.1) is 0 Å². The number of carbonyl (C=O) groups is 2. The van der Waals surface area contributed by atoms with Gasteiger partial charge in [-0.15, -0.1) is 0 Å². The molecule has 2 amide bonds. The average Bonchev–Trinajstić information content (AvgIpc) is 3.12. The van der Waals surface area contributed by atoms with Crippen molar-refractivity contribution in [2.45, 2.75) is 12.3 Å². The van der Waals surface area contributed by atoms with E-state index in [2.05, 4.69) is 4.90 Å². The minimum absolute atomic E-state index is 0.0841. The van der Waals surface area contributed by atoms with Crippen molar-refractivity contribution in [3.63, 3.8) is 0 Å². The Labute approximate surface area is 181 Å². The molecule has 2 fully saturated rings. The van der Waals surface area contributed by atoms with Gasteiger partial charge < -0.3 is 19.1 Å². The number of imidazole rings is 1. The first-order valence-corrected chi connectivity index (χ1v) is 11.8. The van der Waals surface area contributed by atoms with E-state index < -0.39 is 0 Å². The fourth-order valence-electron chi connectivity index (χ4n) is 4.03. The van der Waals surface area contributed by atoms with Gasteiger partial charge in [-0.1, -0.05) is 12.1 Å². The summed E-state index contributed by atoms with van der Waals surface area (Å²) in [6.45, 7) is 6.08. The van der Waals surface area contributed by atoms with Gasteiger partial charge in [0.25, 0.3) is 0 Å². The third-order valence-electron chi connectivity index (χ3n) is 5.75. The van der Waals surface area contributed by atoms with Crippen molar-refractivity contribution in [3.8, 4) is 0 Å². The van der Waals surface area contributed by atoms with Crippen LogP contribution in [0.3, 0.4) is 0 Å². The molecule has 1 aromatic heterocycles. The van der Waals surface area contributed by atoms with E-state index in [0.29, 0.717) is 45.9 Å². The van der Waals surface area contributed by atoms with Gasteiger partial charge in [0.15, 0.2) is 0 Å². The van der Waals surface area contributed by atoms with E-state index in [-0.39, 0.29) is 18.4 Å². The Morgan fingerprint density at radius 3 is 2.27 bits per heavy atom. The highest BCUT2D eigenvalue weighted by Crippen LogP contribution is 2.19. The predicted octanol–water partition coefficient (Wildman–Crippen LogP) is 0.902. The van der Waals surface area contributed by atoms with Gasteiger partial charge in [-0.25, -0.2) is 4.98 Å². The predicted molar refractivity (Wildman–Crippen MR) is 117 cm³/mol. The molecule has 2 aliphatic heterocycles. The molecule has 30 heavy (non-hydrogen) atoms. The van der Waals surface area contributed by atoms with Crippen LogP contribution in [0.5, 0.6) is 0 Å². The summed E-state index contributed by atoms with van der Waals surface area (Å²) in [5.41, 5.74) is 1.92. The minimum atomic E-state index is 0.0841. The summed E-state index contributed by atoms with van der Waals surface area (Å²) in [4.78, 5) is 36.2. The van der Waals surface area contributed by atoms with E-state index in [4.69, 9.17) is 9.72 Å². The normalized spacial score (nSPS) is 18.2. The molecule has 2 aromatic rings. The van der Waals surface area contributed by atoms with Crippen LogP contribution < -0.4 is 0 Å². The summed E-state index contributed by atoms with van der Waals surface area (Å²) in [6, 6.07) is 7.95. The molecular weight excluding hydrogens is 402 g/mol. The second kappa shape index (κ2) is 9.80. The molecule has 0 saturated carbocycles. The number of aromatic nitrogens is 2. The van der Waals surface area contributed by atoms with Crippen LogP contribution >= 0.6 is 11.8 Å². The summed E-state index contributed by atoms with van der Waals surface area (Å²) < 4.78 is 7.37. The van der Waals surface area contributed by atoms with Gasteiger partial charge in [-0.2, -0.15) is 11.8 Å². The summed E-state index contributed by atoms with van der Waals surface area (Å²) in [5.74, 6) is 1.93. The Morgan fingerprint density at radius 1 is 0.967 bits per heavy atom. The van der Waals surface area contributed by atoms with Gasteiger partial charge in [-0.05, 0) is 18.4 Å². The van der Waals surface area contributed by atoms with Gasteiger partial charge in [0, 0.05) is 39.3 Å². The molecule has 8 nitrogen and oxygen atoms in total. The van der Waals surface area contributed by atoms with Crippen molar-refractivity contribution in [2.75, 3.05) is 65.3 Å². The third-order valence-corrected chi connectivity index (χ3v) is 6.29. The number of ether oxygens (including phenoxy) is 1. The minimum Gasteiger partial charge on any atom is -0.379 e. The van der Waals surface area contributed by atoms with E-state index in [1.807, 2.05) is 44.9 Å². The Morgan fingerprint density at radius 2 is 1.60 bits per heavy atom. The number of nitrogens with zero attached hydrogens (tertiary/aromatic N) is 5. The molecule has 0 radical (unpaired) electrons. The zero-order valence-electron chi connectivity index (χ0n) is 17.5. The number of benzene rings is 1. The first kappa shape index (κ1) is 21.1. The largest absolute Gasteiger partial charge is 0.379 e. The highest BCUT2D eigenvalue weighted by atomic mass is 32.2. The number of rotatable bonds is 6. The number of morpholine rings is 1. The number of hydrogen-bond donors (Lipinski definition) is 0. The van der Waals surface area contributed by atoms with Crippen LogP contribution in [0.1, 0.15) is 5.82 Å². The lowest BCUT2D eigenvalue weighted by Crippen LogP contribution is -2.53. The van der Waals surface area contributed by atoms with Crippen LogP contribution in [0.4, 0.5) is 0 Å². The molecule has 2 aliphatic rings. The first-order chi connectivity index (χ1) is 14.7. The molecule has 9 heteroatoms. The van der Waals surface area contributed by atoms with Crippen LogP contribution in [0.2, 0.25) is 0 Å². The molecule has 0 atom stereocenters. The third kappa shape index (κ3) is 4.79. The quantitative estimate of drug-likeness (QED) is 0.677. The van der Waals surface area contributed by atoms with Crippen molar-refractivity contribution in [2.24, 2.45) is 0 Å². The van der Waals surface area contributed by atoms with E-state index >= 15 is 0 Å². The highest BCUT2D eigenvalue weighted by Gasteiger charge is 2.26. The van der Waals surface area contributed by atoms with Crippen LogP contribution in [0.25, 0.3) is 11.0 Å². The summed E-state index contributed by atoms with van der Waals surface area (Å²) in [7, 11) is 0. The summed E-state index contributed by atoms with van der Waals surface area (Å²) in [5, 5.41) is 0. The second-order valence-electron chi connectivity index (χ2n) is 7.69. The first-order valence-electron chi connectivity index (χ1n) is 10.4. The van der Waals surface area contributed by atoms with Gasteiger partial charge in [0.05, 0.1) is 36.5 Å². The SMILES string of the molecule is CSCc1nc2ccccc2n1CC(=O)N1CCN(C(=O)CN2CCOCC2)CC1. The number of amides is 2. The lowest BCUT2D eigenvalue weighted by Gasteiger charge is -2.36. The van der Waals surface area contributed by atoms with Crippen LogP contribution in [0.15, 0.2) is 24.3 Å². The molecule has 4 rings (SSSR count). The maximum Gasteiger partial charge on any atom is 0.242 e. The van der Waals surface area contributed by atoms with E-state index in [0.717, 1.165) is 35.7 Å². The van der Waals surface area contributed by atoms with Crippen LogP contribution in [-0.2, 0) is 26.6 Å². The molecule has 0 N–H and O–H groups in total. The maximum absolute atomic E-state index is 13.0. The monoisotopic (exact) mass is 431 g/mol. The Balaban J connectivity index is 1.34. The van der Waals surface area contributed by atoms with Crippen LogP contribution in [-0.4, -0.2) is 101 Å². The number of para-hydroxylation sites is 2. The number of hydrogen-bond acceptors (Lipinski definition) is 6. The van der Waals surface area contributed by atoms with Crippen molar-refractivity contribution in [3.05, 3.63) is 30.1 Å². The molecule has 0 bridgehead atoms. The summed E-state index contributed by atoms with van der Waals surface area (Å²) in [6.07, 6.45) is 2.04.